The van der Waals surface area contributed by atoms with Crippen LogP contribution in [-0.4, -0.2) is 55.4 Å². The number of benzene rings is 2. The number of aromatic nitrogens is 3. The second-order valence-corrected chi connectivity index (χ2v) is 9.84. The molecule has 5 rings (SSSR count). The molecule has 3 heterocycles. The van der Waals surface area contributed by atoms with E-state index < -0.39 is 0 Å². The van der Waals surface area contributed by atoms with Crippen molar-refractivity contribution in [3.8, 4) is 11.4 Å². The molecule has 2 aromatic carbocycles. The summed E-state index contributed by atoms with van der Waals surface area (Å²) in [7, 11) is 0. The Kier molecular flexibility index (Phi) is 7.59. The average Bonchev–Trinajstić information content (AvgIpc) is 3.49. The second kappa shape index (κ2) is 11.4. The van der Waals surface area contributed by atoms with Gasteiger partial charge in [-0.1, -0.05) is 0 Å². The molecule has 0 unspecified atom stereocenters. The number of aryl methyl sites for hydroxylation is 1. The molecule has 0 aliphatic carbocycles. The maximum absolute atomic E-state index is 13.3. The normalized spacial score (nSPS) is 13.6. The van der Waals surface area contributed by atoms with Gasteiger partial charge in [0.05, 0.1) is 23.1 Å². The predicted octanol–water partition coefficient (Wildman–Crippen LogP) is 4.51. The van der Waals surface area contributed by atoms with Gasteiger partial charge >= 0.3 is 0 Å². The van der Waals surface area contributed by atoms with Crippen molar-refractivity contribution in [1.82, 2.24) is 19.4 Å². The van der Waals surface area contributed by atoms with Crippen LogP contribution in [0, 0.1) is 6.92 Å². The Balaban J connectivity index is 1.28. The highest BCUT2D eigenvalue weighted by Crippen LogP contribution is 2.32. The van der Waals surface area contributed by atoms with Gasteiger partial charge in [-0.05, 0) is 74.4 Å². The smallest absolute Gasteiger partial charge is 0.257 e. The van der Waals surface area contributed by atoms with E-state index >= 15 is 0 Å². The number of carbonyl (C=O) groups excluding carboxylic acids is 3. The first-order chi connectivity index (χ1) is 19.3. The van der Waals surface area contributed by atoms with E-state index in [0.717, 1.165) is 17.1 Å². The molecule has 0 spiro atoms. The molecule has 1 saturated heterocycles. The Morgan fingerprint density at radius 3 is 2.33 bits per heavy atom. The minimum Gasteiger partial charge on any atom is -0.507 e. The summed E-state index contributed by atoms with van der Waals surface area (Å²) >= 11 is 0. The van der Waals surface area contributed by atoms with Crippen molar-refractivity contribution < 1.29 is 19.5 Å². The third-order valence-corrected chi connectivity index (χ3v) is 6.95. The van der Waals surface area contributed by atoms with E-state index in [2.05, 4.69) is 15.6 Å². The highest BCUT2D eigenvalue weighted by Gasteiger charge is 2.29. The Labute approximate surface area is 231 Å². The van der Waals surface area contributed by atoms with Gasteiger partial charge in [0, 0.05) is 61.1 Å². The van der Waals surface area contributed by atoms with Crippen LogP contribution in [0.25, 0.3) is 5.69 Å². The Morgan fingerprint density at radius 2 is 1.65 bits per heavy atom. The molecular formula is C30H30N6O4. The predicted molar refractivity (Wildman–Crippen MR) is 151 cm³/mol. The number of phenols is 1. The fourth-order valence-electron chi connectivity index (χ4n) is 4.92. The minimum absolute atomic E-state index is 0.00683. The zero-order valence-electron chi connectivity index (χ0n) is 22.3. The number of aromatic hydroxyl groups is 1. The number of hydrogen-bond donors (Lipinski definition) is 3. The van der Waals surface area contributed by atoms with E-state index in [9.17, 15) is 19.5 Å². The first-order valence-corrected chi connectivity index (χ1v) is 13.1. The molecule has 4 aromatic rings. The fourth-order valence-corrected chi connectivity index (χ4v) is 4.92. The number of anilines is 2. The van der Waals surface area contributed by atoms with Crippen LogP contribution in [0.3, 0.4) is 0 Å². The summed E-state index contributed by atoms with van der Waals surface area (Å²) in [5.74, 6) is -0.957. The molecule has 10 nitrogen and oxygen atoms in total. The van der Waals surface area contributed by atoms with Crippen molar-refractivity contribution in [2.75, 3.05) is 23.7 Å². The lowest BCUT2D eigenvalue weighted by atomic mass is 9.89. The molecule has 1 aliphatic heterocycles. The van der Waals surface area contributed by atoms with Crippen molar-refractivity contribution in [3.63, 3.8) is 0 Å². The SMILES string of the molecule is CC(=O)Nc1ccc(O)c(C(=O)N2CCC(c3nc(C)ccc3C(=O)Nc3ccc(-n4ccnc4)cc3)CC2)c1. The number of nitrogens with one attached hydrogen (secondary N) is 2. The third-order valence-electron chi connectivity index (χ3n) is 6.95. The van der Waals surface area contributed by atoms with Gasteiger partial charge in [-0.25, -0.2) is 4.98 Å². The molecule has 2 aromatic heterocycles. The maximum Gasteiger partial charge on any atom is 0.257 e. The van der Waals surface area contributed by atoms with Crippen LogP contribution in [0.4, 0.5) is 11.4 Å². The molecule has 3 amide bonds. The molecule has 204 valence electrons. The first kappa shape index (κ1) is 26.6. The molecule has 40 heavy (non-hydrogen) atoms. The van der Waals surface area contributed by atoms with E-state index in [0.29, 0.717) is 42.9 Å². The lowest BCUT2D eigenvalue weighted by Gasteiger charge is -2.32. The molecule has 0 radical (unpaired) electrons. The number of piperidine rings is 1. The van der Waals surface area contributed by atoms with E-state index in [-0.39, 0.29) is 35.0 Å². The summed E-state index contributed by atoms with van der Waals surface area (Å²) in [6, 6.07) is 15.5. The van der Waals surface area contributed by atoms with E-state index in [1.54, 1.807) is 29.6 Å². The average molecular weight is 539 g/mol. The number of hydrogen-bond acceptors (Lipinski definition) is 6. The summed E-state index contributed by atoms with van der Waals surface area (Å²) in [6.07, 6.45) is 6.50. The highest BCUT2D eigenvalue weighted by atomic mass is 16.3. The number of imidazole rings is 1. The van der Waals surface area contributed by atoms with Crippen LogP contribution in [0.5, 0.6) is 5.75 Å². The van der Waals surface area contributed by atoms with Crippen LogP contribution < -0.4 is 10.6 Å². The summed E-state index contributed by atoms with van der Waals surface area (Å²) < 4.78 is 1.88. The lowest BCUT2D eigenvalue weighted by molar-refractivity contribution is -0.114. The third kappa shape index (κ3) is 5.85. The number of amides is 3. The van der Waals surface area contributed by atoms with Crippen LogP contribution in [0.15, 0.2) is 73.3 Å². The van der Waals surface area contributed by atoms with Crippen molar-refractivity contribution in [2.45, 2.75) is 32.6 Å². The molecule has 10 heteroatoms. The number of nitrogens with zero attached hydrogens (tertiary/aromatic N) is 4. The van der Waals surface area contributed by atoms with Crippen LogP contribution in [0.1, 0.15) is 57.8 Å². The number of likely N-dealkylation sites (tertiary alicyclic amines) is 1. The van der Waals surface area contributed by atoms with Gasteiger partial charge in [-0.3, -0.25) is 19.4 Å². The first-order valence-electron chi connectivity index (χ1n) is 13.1. The highest BCUT2D eigenvalue weighted by molar-refractivity contribution is 6.05. The summed E-state index contributed by atoms with van der Waals surface area (Å²) in [5.41, 5.74) is 4.23. The molecular weight excluding hydrogens is 508 g/mol. The number of pyridine rings is 1. The number of phenolic OH excluding ortho intramolecular Hbond substituents is 1. The molecule has 3 N–H and O–H groups in total. The quantitative estimate of drug-likeness (QED) is 0.310. The van der Waals surface area contributed by atoms with Crippen LogP contribution in [-0.2, 0) is 4.79 Å². The van der Waals surface area contributed by atoms with Crippen LogP contribution in [0.2, 0.25) is 0 Å². The minimum atomic E-state index is -0.308. The molecule has 0 bridgehead atoms. The van der Waals surface area contributed by atoms with Gasteiger partial charge in [-0.2, -0.15) is 0 Å². The zero-order valence-corrected chi connectivity index (χ0v) is 22.3. The lowest BCUT2D eigenvalue weighted by Crippen LogP contribution is -2.38. The monoisotopic (exact) mass is 538 g/mol. The van der Waals surface area contributed by atoms with Gasteiger partial charge in [0.15, 0.2) is 0 Å². The van der Waals surface area contributed by atoms with Crippen molar-refractivity contribution in [2.24, 2.45) is 0 Å². The van der Waals surface area contributed by atoms with Crippen molar-refractivity contribution in [1.29, 1.82) is 0 Å². The summed E-state index contributed by atoms with van der Waals surface area (Å²) in [4.78, 5) is 48.4. The van der Waals surface area contributed by atoms with Gasteiger partial charge in [0.2, 0.25) is 5.91 Å². The second-order valence-electron chi connectivity index (χ2n) is 9.84. The van der Waals surface area contributed by atoms with E-state index in [1.165, 1.54) is 19.1 Å². The molecule has 0 saturated carbocycles. The Hall–Kier alpha value is -4.99. The van der Waals surface area contributed by atoms with Gasteiger partial charge in [0.25, 0.3) is 11.8 Å². The van der Waals surface area contributed by atoms with Gasteiger partial charge in [-0.15, -0.1) is 0 Å². The number of rotatable bonds is 6. The van der Waals surface area contributed by atoms with Crippen LogP contribution >= 0.6 is 0 Å². The number of carbonyl (C=O) groups is 3. The van der Waals surface area contributed by atoms with Gasteiger partial charge < -0.3 is 25.2 Å². The van der Waals surface area contributed by atoms with Gasteiger partial charge in [0.1, 0.15) is 5.75 Å². The Morgan fingerprint density at radius 1 is 0.925 bits per heavy atom. The standard InChI is InChI=1S/C30H30N6O4/c1-19-3-9-25(29(39)34-22-4-7-24(8-5-22)36-16-13-31-18-36)28(32-19)21-11-14-35(15-12-21)30(40)26-17-23(33-20(2)37)6-10-27(26)38/h3-10,13,16-18,21,38H,11-12,14-15H2,1-2H3,(H,33,37)(H,34,39). The summed E-state index contributed by atoms with van der Waals surface area (Å²) in [5, 5.41) is 15.9. The largest absolute Gasteiger partial charge is 0.507 e. The molecule has 1 fully saturated rings. The van der Waals surface area contributed by atoms with Crippen molar-refractivity contribution in [3.05, 3.63) is 95.8 Å². The van der Waals surface area contributed by atoms with E-state index in [4.69, 9.17) is 4.98 Å². The molecule has 1 aliphatic rings. The fraction of sp³-hybridized carbons (Fsp3) is 0.233. The Bertz CT molecular complexity index is 1540. The summed E-state index contributed by atoms with van der Waals surface area (Å²) in [6.45, 7) is 4.16. The maximum atomic E-state index is 13.3. The topological polar surface area (TPSA) is 129 Å². The molecule has 0 atom stereocenters. The van der Waals surface area contributed by atoms with Crippen molar-refractivity contribution >= 4 is 29.1 Å². The zero-order chi connectivity index (χ0) is 28.2. The van der Waals surface area contributed by atoms with E-state index in [1.807, 2.05) is 48.0 Å².